The first-order chi connectivity index (χ1) is 13.5. The van der Waals surface area contributed by atoms with Crippen LogP contribution in [0, 0.1) is 18.6 Å². The summed E-state index contributed by atoms with van der Waals surface area (Å²) >= 11 is 0. The molecule has 4 rings (SSSR count). The first kappa shape index (κ1) is 18.1. The molecule has 144 valence electrons. The number of nitrogens with one attached hydrogen (secondary N) is 1. The van der Waals surface area contributed by atoms with E-state index in [1.54, 1.807) is 0 Å². The van der Waals surface area contributed by atoms with Crippen molar-refractivity contribution in [3.63, 3.8) is 0 Å². The van der Waals surface area contributed by atoms with Crippen LogP contribution < -0.4 is 5.32 Å². The van der Waals surface area contributed by atoms with Gasteiger partial charge in [-0.15, -0.1) is 0 Å². The Balaban J connectivity index is 1.52. The number of halogens is 2. The fourth-order valence-corrected chi connectivity index (χ4v) is 3.23. The molecule has 6 nitrogen and oxygen atoms in total. The number of anilines is 1. The summed E-state index contributed by atoms with van der Waals surface area (Å²) in [6.07, 6.45) is 1.42. The number of aryl methyl sites for hydroxylation is 1. The van der Waals surface area contributed by atoms with Crippen molar-refractivity contribution < 1.29 is 18.1 Å². The SMILES string of the molecule is Cc1ccc(-c2noc(C3CCCN3C(=O)Nc3ccc(F)cc3F)n2)cc1. The van der Waals surface area contributed by atoms with Crippen molar-refractivity contribution in [2.24, 2.45) is 0 Å². The molecule has 8 heteroatoms. The van der Waals surface area contributed by atoms with Gasteiger partial charge in [0.2, 0.25) is 11.7 Å². The van der Waals surface area contributed by atoms with Gasteiger partial charge in [0.15, 0.2) is 0 Å². The number of likely N-dealkylation sites (tertiary alicyclic amines) is 1. The Kier molecular flexibility index (Phi) is 4.77. The largest absolute Gasteiger partial charge is 0.337 e. The zero-order valence-electron chi connectivity index (χ0n) is 15.2. The van der Waals surface area contributed by atoms with E-state index >= 15 is 0 Å². The van der Waals surface area contributed by atoms with Crippen LogP contribution >= 0.6 is 0 Å². The van der Waals surface area contributed by atoms with Crippen molar-refractivity contribution in [2.45, 2.75) is 25.8 Å². The number of carbonyl (C=O) groups excluding carboxylic acids is 1. The lowest BCUT2D eigenvalue weighted by Crippen LogP contribution is -2.34. The van der Waals surface area contributed by atoms with Crippen LogP contribution in [0.25, 0.3) is 11.4 Å². The minimum atomic E-state index is -0.830. The molecule has 0 radical (unpaired) electrons. The van der Waals surface area contributed by atoms with Gasteiger partial charge in [-0.2, -0.15) is 4.98 Å². The number of nitrogens with zero attached hydrogens (tertiary/aromatic N) is 3. The first-order valence-corrected chi connectivity index (χ1v) is 8.94. The summed E-state index contributed by atoms with van der Waals surface area (Å²) in [5.74, 6) is -0.748. The Bertz CT molecular complexity index is 1000. The van der Waals surface area contributed by atoms with Crippen molar-refractivity contribution >= 4 is 11.7 Å². The lowest BCUT2D eigenvalue weighted by Gasteiger charge is -2.22. The first-order valence-electron chi connectivity index (χ1n) is 8.94. The lowest BCUT2D eigenvalue weighted by molar-refractivity contribution is 0.193. The predicted molar refractivity (Wildman–Crippen MR) is 98.5 cm³/mol. The summed E-state index contributed by atoms with van der Waals surface area (Å²) in [6, 6.07) is 9.83. The second kappa shape index (κ2) is 7.38. The molecule has 0 spiro atoms. The van der Waals surface area contributed by atoms with Crippen molar-refractivity contribution in [1.82, 2.24) is 15.0 Å². The monoisotopic (exact) mass is 384 g/mol. The van der Waals surface area contributed by atoms with E-state index in [4.69, 9.17) is 4.52 Å². The molecule has 1 aromatic heterocycles. The van der Waals surface area contributed by atoms with Crippen molar-refractivity contribution in [2.75, 3.05) is 11.9 Å². The van der Waals surface area contributed by atoms with E-state index in [9.17, 15) is 13.6 Å². The summed E-state index contributed by atoms with van der Waals surface area (Å²) in [7, 11) is 0. The number of amides is 2. The molecule has 3 aromatic rings. The third-order valence-corrected chi connectivity index (χ3v) is 4.72. The molecule has 0 bridgehead atoms. The van der Waals surface area contributed by atoms with Crippen molar-refractivity contribution in [3.05, 3.63) is 65.6 Å². The molecule has 0 aliphatic carbocycles. The molecule has 2 heterocycles. The molecule has 1 N–H and O–H groups in total. The van der Waals surface area contributed by atoms with E-state index in [1.165, 1.54) is 11.0 Å². The fourth-order valence-electron chi connectivity index (χ4n) is 3.23. The van der Waals surface area contributed by atoms with Gasteiger partial charge in [0.25, 0.3) is 0 Å². The van der Waals surface area contributed by atoms with Gasteiger partial charge < -0.3 is 14.7 Å². The summed E-state index contributed by atoms with van der Waals surface area (Å²) in [5, 5.41) is 6.50. The van der Waals surface area contributed by atoms with Gasteiger partial charge in [0.1, 0.15) is 17.7 Å². The van der Waals surface area contributed by atoms with E-state index in [-0.39, 0.29) is 5.69 Å². The maximum Gasteiger partial charge on any atom is 0.322 e. The van der Waals surface area contributed by atoms with Gasteiger partial charge in [-0.1, -0.05) is 35.0 Å². The van der Waals surface area contributed by atoms with Crippen LogP contribution in [-0.4, -0.2) is 27.6 Å². The van der Waals surface area contributed by atoms with E-state index < -0.39 is 23.7 Å². The Hall–Kier alpha value is -3.29. The van der Waals surface area contributed by atoms with Crippen molar-refractivity contribution in [3.8, 4) is 11.4 Å². The smallest absolute Gasteiger partial charge is 0.322 e. The van der Waals surface area contributed by atoms with E-state index in [1.807, 2.05) is 31.2 Å². The normalized spacial score (nSPS) is 16.4. The highest BCUT2D eigenvalue weighted by Gasteiger charge is 2.34. The van der Waals surface area contributed by atoms with Gasteiger partial charge in [0, 0.05) is 18.2 Å². The van der Waals surface area contributed by atoms with Gasteiger partial charge in [-0.05, 0) is 31.9 Å². The number of aromatic nitrogens is 2. The Morgan fingerprint density at radius 2 is 2.00 bits per heavy atom. The van der Waals surface area contributed by atoms with Crippen LogP contribution in [-0.2, 0) is 0 Å². The number of urea groups is 1. The molecule has 1 saturated heterocycles. The predicted octanol–water partition coefficient (Wildman–Crippen LogP) is 4.69. The maximum atomic E-state index is 13.8. The molecule has 2 amide bonds. The molecule has 2 aromatic carbocycles. The Labute approximate surface area is 160 Å². The third kappa shape index (κ3) is 3.58. The van der Waals surface area contributed by atoms with Gasteiger partial charge in [-0.25, -0.2) is 13.6 Å². The molecule has 1 unspecified atom stereocenters. The zero-order chi connectivity index (χ0) is 19.7. The lowest BCUT2D eigenvalue weighted by atomic mass is 10.1. The van der Waals surface area contributed by atoms with Crippen LogP contribution in [0.1, 0.15) is 30.3 Å². The topological polar surface area (TPSA) is 71.3 Å². The summed E-state index contributed by atoms with van der Waals surface area (Å²) < 4.78 is 32.3. The second-order valence-corrected chi connectivity index (χ2v) is 6.73. The number of carbonyl (C=O) groups is 1. The van der Waals surface area contributed by atoms with Crippen LogP contribution in [0.5, 0.6) is 0 Å². The van der Waals surface area contributed by atoms with E-state index in [0.29, 0.717) is 24.7 Å². The number of hydrogen-bond acceptors (Lipinski definition) is 4. The number of rotatable bonds is 3. The molecule has 1 aliphatic heterocycles. The average molecular weight is 384 g/mol. The molecular weight excluding hydrogens is 366 g/mol. The highest BCUT2D eigenvalue weighted by atomic mass is 19.1. The van der Waals surface area contributed by atoms with Crippen LogP contribution in [0.4, 0.5) is 19.3 Å². The van der Waals surface area contributed by atoms with E-state index in [2.05, 4.69) is 15.5 Å². The molecule has 0 saturated carbocycles. The Morgan fingerprint density at radius 1 is 1.21 bits per heavy atom. The van der Waals surface area contributed by atoms with E-state index in [0.717, 1.165) is 29.7 Å². The van der Waals surface area contributed by atoms with Crippen molar-refractivity contribution in [1.29, 1.82) is 0 Å². The molecule has 1 fully saturated rings. The minimum absolute atomic E-state index is 0.0806. The van der Waals surface area contributed by atoms with Crippen LogP contribution in [0.3, 0.4) is 0 Å². The van der Waals surface area contributed by atoms with Gasteiger partial charge in [0.05, 0.1) is 5.69 Å². The standard InChI is InChI=1S/C20H18F2N4O2/c1-12-4-6-13(7-5-12)18-24-19(28-25-18)17-3-2-10-26(17)20(27)23-16-9-8-14(21)11-15(16)22/h4-9,11,17H,2-3,10H2,1H3,(H,23,27). The summed E-state index contributed by atoms with van der Waals surface area (Å²) in [6.45, 7) is 2.46. The third-order valence-electron chi connectivity index (χ3n) is 4.72. The number of benzene rings is 2. The highest BCUT2D eigenvalue weighted by molar-refractivity contribution is 5.89. The molecule has 1 atom stereocenters. The Morgan fingerprint density at radius 3 is 2.75 bits per heavy atom. The average Bonchev–Trinajstić information content (AvgIpc) is 3.33. The number of hydrogen-bond donors (Lipinski definition) is 1. The highest BCUT2D eigenvalue weighted by Crippen LogP contribution is 2.32. The van der Waals surface area contributed by atoms with Gasteiger partial charge in [-0.3, -0.25) is 0 Å². The quantitative estimate of drug-likeness (QED) is 0.711. The molecule has 28 heavy (non-hydrogen) atoms. The molecular formula is C20H18F2N4O2. The maximum absolute atomic E-state index is 13.8. The van der Waals surface area contributed by atoms with Crippen LogP contribution in [0.2, 0.25) is 0 Å². The molecule has 1 aliphatic rings. The zero-order valence-corrected chi connectivity index (χ0v) is 15.2. The fraction of sp³-hybridized carbons (Fsp3) is 0.250. The summed E-state index contributed by atoms with van der Waals surface area (Å²) in [5.41, 5.74) is 1.87. The summed E-state index contributed by atoms with van der Waals surface area (Å²) in [4.78, 5) is 18.6. The van der Waals surface area contributed by atoms with Gasteiger partial charge >= 0.3 is 6.03 Å². The van der Waals surface area contributed by atoms with Crippen LogP contribution in [0.15, 0.2) is 47.0 Å². The second-order valence-electron chi connectivity index (χ2n) is 6.73. The minimum Gasteiger partial charge on any atom is -0.337 e.